The van der Waals surface area contributed by atoms with Crippen LogP contribution in [0.5, 0.6) is 5.75 Å². The number of rotatable bonds is 8. The molecule has 0 spiro atoms. The second-order valence-corrected chi connectivity index (χ2v) is 10.3. The second kappa shape index (κ2) is 10.2. The Morgan fingerprint density at radius 1 is 1.22 bits per heavy atom. The zero-order valence-electron chi connectivity index (χ0n) is 21.3. The minimum atomic E-state index is -0.626. The Hall–Kier alpha value is -3.32. The van der Waals surface area contributed by atoms with Gasteiger partial charge in [-0.1, -0.05) is 5.22 Å². The zero-order valence-corrected chi connectivity index (χ0v) is 21.3. The van der Waals surface area contributed by atoms with Crippen molar-refractivity contribution in [3.8, 4) is 5.75 Å². The third kappa shape index (κ3) is 5.37. The molecule has 2 saturated heterocycles. The molecule has 0 amide bonds. The highest BCUT2D eigenvalue weighted by molar-refractivity contribution is 5.69. The number of nitrogens with zero attached hydrogens (tertiary/aromatic N) is 7. The molecular formula is C24H33F2N9O2. The molecule has 37 heavy (non-hydrogen) atoms. The van der Waals surface area contributed by atoms with Crippen molar-refractivity contribution in [3.63, 3.8) is 0 Å². The topological polar surface area (TPSA) is 114 Å². The third-order valence-corrected chi connectivity index (χ3v) is 7.10. The van der Waals surface area contributed by atoms with Gasteiger partial charge in [-0.2, -0.15) is 4.98 Å². The molecule has 0 unspecified atom stereocenters. The van der Waals surface area contributed by atoms with Crippen LogP contribution in [0.2, 0.25) is 0 Å². The van der Waals surface area contributed by atoms with Crippen molar-refractivity contribution in [1.29, 1.82) is 0 Å². The first-order chi connectivity index (χ1) is 17.7. The van der Waals surface area contributed by atoms with Crippen molar-refractivity contribution in [1.82, 2.24) is 19.9 Å². The van der Waals surface area contributed by atoms with Gasteiger partial charge in [0.2, 0.25) is 5.95 Å². The normalized spacial score (nSPS) is 22.9. The van der Waals surface area contributed by atoms with E-state index in [2.05, 4.69) is 49.8 Å². The van der Waals surface area contributed by atoms with E-state index in [0.717, 1.165) is 32.0 Å². The Balaban J connectivity index is 1.36. The van der Waals surface area contributed by atoms with Gasteiger partial charge in [-0.3, -0.25) is 9.91 Å². The quantitative estimate of drug-likeness (QED) is 0.483. The van der Waals surface area contributed by atoms with Crippen molar-refractivity contribution in [2.24, 2.45) is 10.4 Å². The van der Waals surface area contributed by atoms with E-state index in [1.165, 1.54) is 23.6 Å². The van der Waals surface area contributed by atoms with Crippen molar-refractivity contribution >= 4 is 23.1 Å². The molecule has 13 heteroatoms. The van der Waals surface area contributed by atoms with Crippen LogP contribution in [0.3, 0.4) is 0 Å². The summed E-state index contributed by atoms with van der Waals surface area (Å²) in [4.78, 5) is 10.9. The first-order valence-corrected chi connectivity index (χ1v) is 12.5. The van der Waals surface area contributed by atoms with Crippen molar-refractivity contribution < 1.29 is 18.6 Å². The van der Waals surface area contributed by atoms with Crippen LogP contribution in [0.25, 0.3) is 0 Å². The van der Waals surface area contributed by atoms with Crippen LogP contribution >= 0.6 is 0 Å². The summed E-state index contributed by atoms with van der Waals surface area (Å²) in [5, 5.41) is 26.4. The molecule has 0 bridgehead atoms. The van der Waals surface area contributed by atoms with Gasteiger partial charge in [-0.15, -0.1) is 0 Å². The number of piperidine rings is 1. The van der Waals surface area contributed by atoms with Crippen LogP contribution in [0.4, 0.5) is 31.9 Å². The highest BCUT2D eigenvalue weighted by Gasteiger charge is 2.43. The number of halogens is 2. The number of ether oxygens (including phenoxy) is 1. The van der Waals surface area contributed by atoms with Gasteiger partial charge in [0.15, 0.2) is 17.5 Å². The van der Waals surface area contributed by atoms with Crippen LogP contribution < -0.4 is 20.4 Å². The Bertz CT molecular complexity index is 1170. The van der Waals surface area contributed by atoms with Crippen molar-refractivity contribution in [3.05, 3.63) is 30.0 Å². The highest BCUT2D eigenvalue weighted by atomic mass is 19.1. The SMILES string of the molecule is CN1CN(c2cc(Nc3ncc(F)c(N[C@@H]4C[C@@H]5CCCN5C(C)(C)C4)n3)c(F)cc2OCCO)N=N1. The largest absolute Gasteiger partial charge is 0.489 e. The molecule has 2 fully saturated rings. The molecule has 1 aromatic carbocycles. The summed E-state index contributed by atoms with van der Waals surface area (Å²) >= 11 is 0. The van der Waals surface area contributed by atoms with E-state index in [1.807, 2.05) is 0 Å². The van der Waals surface area contributed by atoms with Crippen LogP contribution in [0.15, 0.2) is 28.8 Å². The summed E-state index contributed by atoms with van der Waals surface area (Å²) in [5.41, 5.74) is 0.521. The maximum Gasteiger partial charge on any atom is 0.229 e. The van der Waals surface area contributed by atoms with Crippen LogP contribution in [0.1, 0.15) is 39.5 Å². The third-order valence-electron chi connectivity index (χ3n) is 7.10. The summed E-state index contributed by atoms with van der Waals surface area (Å²) in [6.45, 7) is 5.67. The van der Waals surface area contributed by atoms with E-state index < -0.39 is 11.6 Å². The minimum Gasteiger partial charge on any atom is -0.489 e. The van der Waals surface area contributed by atoms with Gasteiger partial charge in [0.05, 0.1) is 18.5 Å². The van der Waals surface area contributed by atoms with Crippen molar-refractivity contribution in [2.75, 3.05) is 49.1 Å². The Morgan fingerprint density at radius 2 is 2.05 bits per heavy atom. The van der Waals surface area contributed by atoms with E-state index in [0.29, 0.717) is 18.4 Å². The summed E-state index contributed by atoms with van der Waals surface area (Å²) in [6.07, 6.45) is 5.19. The molecule has 2 aromatic rings. The van der Waals surface area contributed by atoms with E-state index in [-0.39, 0.29) is 48.0 Å². The lowest BCUT2D eigenvalue weighted by atomic mass is 9.84. The van der Waals surface area contributed by atoms with Gasteiger partial charge in [0.1, 0.15) is 24.7 Å². The first kappa shape index (κ1) is 25.3. The van der Waals surface area contributed by atoms with Crippen LogP contribution in [-0.4, -0.2) is 76.1 Å². The molecule has 2 atom stereocenters. The Kier molecular flexibility index (Phi) is 6.99. The molecule has 0 saturated carbocycles. The summed E-state index contributed by atoms with van der Waals surface area (Å²) in [6, 6.07) is 3.24. The summed E-state index contributed by atoms with van der Waals surface area (Å²) in [7, 11) is 1.75. The summed E-state index contributed by atoms with van der Waals surface area (Å²) in [5.74, 6) is -0.848. The fraction of sp³-hybridized carbons (Fsp3) is 0.583. The second-order valence-electron chi connectivity index (χ2n) is 10.3. The van der Waals surface area contributed by atoms with E-state index in [4.69, 9.17) is 9.84 Å². The molecule has 3 aliphatic rings. The predicted octanol–water partition coefficient (Wildman–Crippen LogP) is 3.68. The number of aliphatic hydroxyl groups excluding tert-OH is 1. The standard InChI is InChI=1S/C24H33F2N9O2/c1-24(2)12-15(9-16-5-4-6-34(16)24)28-22-18(26)13-27-23(30-22)29-19-11-20(35-14-33(3)31-32-35)21(10-17(19)25)37-8-7-36/h10-11,13,15-16,36H,4-9,12,14H2,1-3H3,(H2,27,28,29,30)/t15-,16+/m1/s1. The number of aromatic nitrogens is 2. The van der Waals surface area contributed by atoms with Gasteiger partial charge >= 0.3 is 0 Å². The number of fused-ring (bicyclic) bond motifs is 1. The fourth-order valence-electron chi connectivity index (χ4n) is 5.57. The van der Waals surface area contributed by atoms with Crippen molar-refractivity contribution in [2.45, 2.75) is 57.2 Å². The number of anilines is 4. The first-order valence-electron chi connectivity index (χ1n) is 12.5. The predicted molar refractivity (Wildman–Crippen MR) is 135 cm³/mol. The fourth-order valence-corrected chi connectivity index (χ4v) is 5.57. The molecule has 0 aliphatic carbocycles. The number of hydrogen-bond donors (Lipinski definition) is 3. The van der Waals surface area contributed by atoms with E-state index in [1.54, 1.807) is 12.1 Å². The van der Waals surface area contributed by atoms with E-state index in [9.17, 15) is 4.39 Å². The van der Waals surface area contributed by atoms with Gasteiger partial charge in [0.25, 0.3) is 0 Å². The lowest BCUT2D eigenvalue weighted by molar-refractivity contribution is 0.0500. The number of aliphatic hydroxyl groups is 1. The van der Waals surface area contributed by atoms with Crippen LogP contribution in [0, 0.1) is 11.6 Å². The van der Waals surface area contributed by atoms with Gasteiger partial charge in [-0.25, -0.2) is 18.8 Å². The molecule has 3 N–H and O–H groups in total. The smallest absolute Gasteiger partial charge is 0.229 e. The molecule has 0 radical (unpaired) electrons. The number of benzene rings is 1. The highest BCUT2D eigenvalue weighted by Crippen LogP contribution is 2.39. The number of hydrogen-bond acceptors (Lipinski definition) is 11. The molecule has 4 heterocycles. The Labute approximate surface area is 214 Å². The van der Waals surface area contributed by atoms with Gasteiger partial charge < -0.3 is 20.5 Å². The lowest BCUT2D eigenvalue weighted by Crippen LogP contribution is -2.55. The maximum atomic E-state index is 15.0. The molecule has 11 nitrogen and oxygen atoms in total. The maximum absolute atomic E-state index is 15.0. The molecule has 200 valence electrons. The van der Waals surface area contributed by atoms with Gasteiger partial charge in [0, 0.05) is 30.7 Å². The Morgan fingerprint density at radius 3 is 2.81 bits per heavy atom. The number of nitrogens with one attached hydrogen (secondary N) is 2. The minimum absolute atomic E-state index is 0.00721. The van der Waals surface area contributed by atoms with E-state index >= 15 is 4.39 Å². The molecule has 5 rings (SSSR count). The molecule has 1 aromatic heterocycles. The zero-order chi connectivity index (χ0) is 26.2. The van der Waals surface area contributed by atoms with Gasteiger partial charge in [-0.05, 0) is 57.4 Å². The monoisotopic (exact) mass is 517 g/mol. The molecular weight excluding hydrogens is 484 g/mol. The summed E-state index contributed by atoms with van der Waals surface area (Å²) < 4.78 is 35.3. The van der Waals surface area contributed by atoms with Crippen LogP contribution in [-0.2, 0) is 0 Å². The average molecular weight is 518 g/mol. The molecule has 3 aliphatic heterocycles. The average Bonchev–Trinajstić information content (AvgIpc) is 3.50. The lowest BCUT2D eigenvalue weighted by Gasteiger charge is -2.47.